The minimum atomic E-state index is -4.45. The lowest BCUT2D eigenvalue weighted by Crippen LogP contribution is -2.12. The summed E-state index contributed by atoms with van der Waals surface area (Å²) >= 11 is 0. The molecule has 0 bridgehead atoms. The van der Waals surface area contributed by atoms with E-state index in [1.165, 1.54) is 6.20 Å². The van der Waals surface area contributed by atoms with E-state index in [9.17, 15) is 13.2 Å². The Morgan fingerprint density at radius 2 is 2.00 bits per heavy atom. The molecule has 0 radical (unpaired) electrons. The fraction of sp³-hybridized carbons (Fsp3) is 0.500. The van der Waals surface area contributed by atoms with E-state index in [4.69, 9.17) is 0 Å². The predicted octanol–water partition coefficient (Wildman–Crippen LogP) is 2.37. The van der Waals surface area contributed by atoms with E-state index in [1.807, 2.05) is 6.92 Å². The maximum Gasteiger partial charge on any atom is 0.451 e. The monoisotopic (exact) mass is 190 g/mol. The molecule has 72 valence electrons. The number of hydrogen-bond donors (Lipinski definition) is 0. The molecule has 0 aliphatic rings. The first-order valence-electron chi connectivity index (χ1n) is 3.85. The summed E-state index contributed by atoms with van der Waals surface area (Å²) in [6.07, 6.45) is -2.58. The van der Waals surface area contributed by atoms with E-state index in [1.54, 1.807) is 6.92 Å². The highest BCUT2D eigenvalue weighted by atomic mass is 19.4. The normalized spacial score (nSPS) is 11.8. The van der Waals surface area contributed by atoms with Gasteiger partial charge >= 0.3 is 6.18 Å². The topological polar surface area (TPSA) is 25.8 Å². The van der Waals surface area contributed by atoms with Gasteiger partial charge in [-0.1, -0.05) is 6.92 Å². The van der Waals surface area contributed by atoms with Crippen molar-refractivity contribution in [2.75, 3.05) is 0 Å². The van der Waals surface area contributed by atoms with Crippen molar-refractivity contribution in [2.24, 2.45) is 0 Å². The molecule has 0 spiro atoms. The van der Waals surface area contributed by atoms with Crippen molar-refractivity contribution < 1.29 is 13.2 Å². The number of rotatable bonds is 1. The molecule has 1 rings (SSSR count). The molecule has 1 heterocycles. The second kappa shape index (κ2) is 3.32. The third kappa shape index (κ3) is 2.17. The predicted molar refractivity (Wildman–Crippen MR) is 41.1 cm³/mol. The van der Waals surface area contributed by atoms with Crippen LogP contribution in [0.2, 0.25) is 0 Å². The van der Waals surface area contributed by atoms with Gasteiger partial charge in [-0.25, -0.2) is 9.97 Å². The van der Waals surface area contributed by atoms with Crippen molar-refractivity contribution in [2.45, 2.75) is 26.4 Å². The molecule has 0 aliphatic carbocycles. The van der Waals surface area contributed by atoms with Gasteiger partial charge in [-0.3, -0.25) is 0 Å². The molecule has 13 heavy (non-hydrogen) atoms. The third-order valence-corrected chi connectivity index (χ3v) is 1.72. The zero-order valence-corrected chi connectivity index (χ0v) is 7.31. The van der Waals surface area contributed by atoms with Crippen LogP contribution in [0, 0.1) is 6.92 Å². The zero-order valence-electron chi connectivity index (χ0n) is 7.31. The Kier molecular flexibility index (Phi) is 2.54. The van der Waals surface area contributed by atoms with Crippen LogP contribution < -0.4 is 0 Å². The molecule has 0 unspecified atom stereocenters. The summed E-state index contributed by atoms with van der Waals surface area (Å²) in [4.78, 5) is 6.62. The van der Waals surface area contributed by atoms with Gasteiger partial charge in [0.15, 0.2) is 0 Å². The zero-order chi connectivity index (χ0) is 10.1. The number of alkyl halides is 3. The fourth-order valence-corrected chi connectivity index (χ4v) is 0.976. The summed E-state index contributed by atoms with van der Waals surface area (Å²) in [7, 11) is 0. The lowest BCUT2D eigenvalue weighted by atomic mass is 10.2. The third-order valence-electron chi connectivity index (χ3n) is 1.72. The Morgan fingerprint density at radius 1 is 1.38 bits per heavy atom. The van der Waals surface area contributed by atoms with E-state index in [0.717, 1.165) is 5.56 Å². The molecule has 0 fully saturated rings. The summed E-state index contributed by atoms with van der Waals surface area (Å²) in [5, 5.41) is 0. The van der Waals surface area contributed by atoms with Crippen LogP contribution in [0.3, 0.4) is 0 Å². The maximum atomic E-state index is 12.1. The Hall–Kier alpha value is -1.13. The highest BCUT2D eigenvalue weighted by Crippen LogP contribution is 2.26. The van der Waals surface area contributed by atoms with Gasteiger partial charge in [0.2, 0.25) is 5.82 Å². The van der Waals surface area contributed by atoms with Crippen LogP contribution in [-0.2, 0) is 12.6 Å². The summed E-state index contributed by atoms with van der Waals surface area (Å²) in [5.41, 5.74) is 1.14. The minimum Gasteiger partial charge on any atom is -0.233 e. The van der Waals surface area contributed by atoms with E-state index in [-0.39, 0.29) is 0 Å². The summed E-state index contributed by atoms with van der Waals surface area (Å²) < 4.78 is 36.2. The van der Waals surface area contributed by atoms with Gasteiger partial charge in [0, 0.05) is 11.9 Å². The molecule has 0 saturated carbocycles. The largest absolute Gasteiger partial charge is 0.451 e. The molecule has 1 aromatic heterocycles. The Morgan fingerprint density at radius 3 is 2.38 bits per heavy atom. The fourth-order valence-electron chi connectivity index (χ4n) is 0.976. The quantitative estimate of drug-likeness (QED) is 0.679. The number of hydrogen-bond acceptors (Lipinski definition) is 2. The van der Waals surface area contributed by atoms with Crippen molar-refractivity contribution in [1.82, 2.24) is 9.97 Å². The van der Waals surface area contributed by atoms with Crippen molar-refractivity contribution in [3.63, 3.8) is 0 Å². The molecule has 0 N–H and O–H groups in total. The molecule has 0 aliphatic heterocycles. The molecule has 0 aromatic carbocycles. The minimum absolute atomic E-state index is 0.393. The van der Waals surface area contributed by atoms with Crippen LogP contribution in [0.5, 0.6) is 0 Å². The van der Waals surface area contributed by atoms with E-state index >= 15 is 0 Å². The Labute approximate surface area is 73.8 Å². The first-order valence-corrected chi connectivity index (χ1v) is 3.85. The van der Waals surface area contributed by atoms with Crippen LogP contribution in [0.25, 0.3) is 0 Å². The molecular formula is C8H9F3N2. The van der Waals surface area contributed by atoms with Gasteiger partial charge in [-0.15, -0.1) is 0 Å². The summed E-state index contributed by atoms with van der Waals surface area (Å²) in [6.45, 7) is 3.40. The van der Waals surface area contributed by atoms with Crippen molar-refractivity contribution >= 4 is 0 Å². The van der Waals surface area contributed by atoms with E-state index in [2.05, 4.69) is 9.97 Å². The molecule has 0 atom stereocenters. The average Bonchev–Trinajstić information content (AvgIpc) is 2.02. The molecule has 1 aromatic rings. The van der Waals surface area contributed by atoms with Gasteiger partial charge in [-0.2, -0.15) is 13.2 Å². The van der Waals surface area contributed by atoms with Gasteiger partial charge < -0.3 is 0 Å². The Bertz CT molecular complexity index is 307. The molecular weight excluding hydrogens is 181 g/mol. The molecule has 2 nitrogen and oxygen atoms in total. The first kappa shape index (κ1) is 9.95. The number of aromatic nitrogens is 2. The average molecular weight is 190 g/mol. The first-order chi connectivity index (χ1) is 5.95. The van der Waals surface area contributed by atoms with Gasteiger partial charge in [-0.05, 0) is 18.9 Å². The smallest absolute Gasteiger partial charge is 0.233 e. The highest BCUT2D eigenvalue weighted by Gasteiger charge is 2.34. The van der Waals surface area contributed by atoms with Crippen LogP contribution in [0.1, 0.15) is 24.0 Å². The number of nitrogens with zero attached hydrogens (tertiary/aromatic N) is 2. The highest BCUT2D eigenvalue weighted by molar-refractivity contribution is 5.16. The van der Waals surface area contributed by atoms with Crippen molar-refractivity contribution in [1.29, 1.82) is 0 Å². The maximum absolute atomic E-state index is 12.1. The summed E-state index contributed by atoms with van der Waals surface area (Å²) in [6, 6.07) is 0. The second-order valence-electron chi connectivity index (χ2n) is 2.66. The van der Waals surface area contributed by atoms with E-state index in [0.29, 0.717) is 12.1 Å². The Balaban J connectivity index is 3.10. The molecule has 0 amide bonds. The van der Waals surface area contributed by atoms with Gasteiger partial charge in [0.1, 0.15) is 0 Å². The number of halogens is 3. The SMILES string of the molecule is CCc1cnc(C(F)(F)F)nc1C. The molecule has 5 heteroatoms. The lowest BCUT2D eigenvalue weighted by molar-refractivity contribution is -0.145. The number of aryl methyl sites for hydroxylation is 2. The van der Waals surface area contributed by atoms with E-state index < -0.39 is 12.0 Å². The van der Waals surface area contributed by atoms with Crippen molar-refractivity contribution in [3.05, 3.63) is 23.3 Å². The standard InChI is InChI=1S/C8H9F3N2/c1-3-6-4-12-7(8(9,10)11)13-5(6)2/h4H,3H2,1-2H3. The van der Waals surface area contributed by atoms with Gasteiger partial charge in [0.05, 0.1) is 0 Å². The second-order valence-corrected chi connectivity index (χ2v) is 2.66. The van der Waals surface area contributed by atoms with Crippen LogP contribution in [0.4, 0.5) is 13.2 Å². The summed E-state index contributed by atoms with van der Waals surface area (Å²) in [5.74, 6) is -1.07. The lowest BCUT2D eigenvalue weighted by Gasteiger charge is -2.07. The van der Waals surface area contributed by atoms with Crippen LogP contribution in [-0.4, -0.2) is 9.97 Å². The van der Waals surface area contributed by atoms with Crippen LogP contribution in [0.15, 0.2) is 6.20 Å². The molecule has 0 saturated heterocycles. The van der Waals surface area contributed by atoms with Crippen molar-refractivity contribution in [3.8, 4) is 0 Å². The van der Waals surface area contributed by atoms with Crippen LogP contribution >= 0.6 is 0 Å². The van der Waals surface area contributed by atoms with Gasteiger partial charge in [0.25, 0.3) is 0 Å².